The molecule has 0 bridgehead atoms. The highest BCUT2D eigenvalue weighted by Gasteiger charge is 2.29. The van der Waals surface area contributed by atoms with Crippen molar-refractivity contribution in [3.63, 3.8) is 0 Å². The number of primary amides is 1. The lowest BCUT2D eigenvalue weighted by molar-refractivity contribution is -0.108. The summed E-state index contributed by atoms with van der Waals surface area (Å²) in [4.78, 5) is 25.0. The van der Waals surface area contributed by atoms with Gasteiger partial charge in [0, 0.05) is 45.2 Å². The number of aldehydes is 1. The first-order chi connectivity index (χ1) is 10.8. The number of nitrogens with two attached hydrogens (primary N) is 1. The molecular formula is C17H34N4O2. The monoisotopic (exact) mass is 326 g/mol. The van der Waals surface area contributed by atoms with E-state index in [-0.39, 0.29) is 6.03 Å². The summed E-state index contributed by atoms with van der Waals surface area (Å²) < 4.78 is 0. The zero-order valence-corrected chi connectivity index (χ0v) is 15.2. The van der Waals surface area contributed by atoms with Crippen LogP contribution in [0.1, 0.15) is 40.0 Å². The number of rotatable bonds is 2. The van der Waals surface area contributed by atoms with E-state index in [0.29, 0.717) is 36.9 Å². The van der Waals surface area contributed by atoms with Crippen LogP contribution in [0.25, 0.3) is 0 Å². The number of piperazine rings is 1. The molecule has 2 heterocycles. The van der Waals surface area contributed by atoms with Gasteiger partial charge in [0.05, 0.1) is 0 Å². The number of hydrogen-bond donors (Lipinski definition) is 2. The molecule has 1 atom stereocenters. The molecule has 23 heavy (non-hydrogen) atoms. The van der Waals surface area contributed by atoms with E-state index in [9.17, 15) is 9.59 Å². The summed E-state index contributed by atoms with van der Waals surface area (Å²) in [6, 6.07) is 0.343. The first-order valence-electron chi connectivity index (χ1n) is 8.64. The molecule has 2 rings (SSSR count). The van der Waals surface area contributed by atoms with Crippen LogP contribution in [0.3, 0.4) is 0 Å². The molecule has 0 spiro atoms. The molecule has 0 aliphatic carbocycles. The first kappa shape index (κ1) is 19.9. The Labute approximate surface area is 140 Å². The van der Waals surface area contributed by atoms with Gasteiger partial charge in [-0.3, -0.25) is 0 Å². The van der Waals surface area contributed by atoms with E-state index in [4.69, 9.17) is 5.73 Å². The molecule has 2 fully saturated rings. The number of piperidine rings is 1. The molecule has 6 heteroatoms. The smallest absolute Gasteiger partial charge is 0.314 e. The van der Waals surface area contributed by atoms with Gasteiger partial charge >= 0.3 is 6.03 Å². The molecule has 2 aliphatic heterocycles. The van der Waals surface area contributed by atoms with Crippen LogP contribution in [-0.4, -0.2) is 67.9 Å². The van der Waals surface area contributed by atoms with Crippen molar-refractivity contribution in [3.05, 3.63) is 0 Å². The normalized spacial score (nSPS) is 23.8. The predicted octanol–water partition coefficient (Wildman–Crippen LogP) is 1.30. The summed E-state index contributed by atoms with van der Waals surface area (Å²) >= 11 is 0. The van der Waals surface area contributed by atoms with E-state index < -0.39 is 0 Å². The van der Waals surface area contributed by atoms with Gasteiger partial charge in [-0.2, -0.15) is 0 Å². The lowest BCUT2D eigenvalue weighted by Crippen LogP contribution is -2.54. The molecule has 0 aromatic heterocycles. The molecule has 1 unspecified atom stereocenters. The minimum atomic E-state index is -0.348. The summed E-state index contributed by atoms with van der Waals surface area (Å²) in [7, 11) is 2.22. The van der Waals surface area contributed by atoms with Crippen molar-refractivity contribution < 1.29 is 9.59 Å². The largest absolute Gasteiger partial charge is 0.351 e. The van der Waals surface area contributed by atoms with E-state index >= 15 is 0 Å². The maximum absolute atomic E-state index is 10.7. The molecule has 2 amide bonds. The minimum absolute atomic E-state index is 0.348. The first-order valence-corrected chi connectivity index (χ1v) is 8.64. The van der Waals surface area contributed by atoms with Gasteiger partial charge in [-0.15, -0.1) is 0 Å². The Morgan fingerprint density at radius 1 is 1.26 bits per heavy atom. The third-order valence-electron chi connectivity index (χ3n) is 4.87. The third kappa shape index (κ3) is 6.87. The van der Waals surface area contributed by atoms with Gasteiger partial charge in [-0.05, 0) is 31.2 Å². The number of carbonyl (C=O) groups is 2. The average Bonchev–Trinajstić information content (AvgIpc) is 2.48. The van der Waals surface area contributed by atoms with E-state index in [1.54, 1.807) is 4.90 Å². The number of urea groups is 1. The molecule has 2 saturated heterocycles. The molecule has 3 N–H and O–H groups in total. The number of hydrogen-bond acceptors (Lipinski definition) is 4. The van der Waals surface area contributed by atoms with Crippen molar-refractivity contribution in [2.45, 2.75) is 46.1 Å². The summed E-state index contributed by atoms with van der Waals surface area (Å²) in [5.74, 6) is 0.457. The van der Waals surface area contributed by atoms with Gasteiger partial charge in [-0.25, -0.2) is 4.79 Å². The average molecular weight is 326 g/mol. The second-order valence-corrected chi connectivity index (χ2v) is 7.74. The predicted molar refractivity (Wildman–Crippen MR) is 93.3 cm³/mol. The van der Waals surface area contributed by atoms with E-state index in [2.05, 4.69) is 38.0 Å². The second kappa shape index (κ2) is 9.23. The third-order valence-corrected chi connectivity index (χ3v) is 4.87. The van der Waals surface area contributed by atoms with Crippen LogP contribution in [0.5, 0.6) is 0 Å². The number of likely N-dealkylation sites (tertiary alicyclic amines) is 1. The maximum atomic E-state index is 10.7. The summed E-state index contributed by atoms with van der Waals surface area (Å²) in [5, 5.41) is 3.43. The zero-order chi connectivity index (χ0) is 17.5. The highest BCUT2D eigenvalue weighted by Crippen LogP contribution is 2.23. The molecule has 0 aromatic rings. The van der Waals surface area contributed by atoms with Gasteiger partial charge in [-0.1, -0.05) is 20.8 Å². The van der Waals surface area contributed by atoms with Crippen LogP contribution < -0.4 is 11.1 Å². The van der Waals surface area contributed by atoms with Gasteiger partial charge in [0.15, 0.2) is 0 Å². The Bertz CT molecular complexity index is 373. The fourth-order valence-corrected chi connectivity index (χ4v) is 3.30. The Hall–Kier alpha value is -1.14. The molecular weight excluding hydrogens is 292 g/mol. The molecule has 134 valence electrons. The van der Waals surface area contributed by atoms with Crippen LogP contribution in [0.4, 0.5) is 4.79 Å². The van der Waals surface area contributed by atoms with E-state index in [1.807, 2.05) is 0 Å². The van der Waals surface area contributed by atoms with Crippen molar-refractivity contribution in [1.82, 2.24) is 15.1 Å². The molecule has 0 saturated carbocycles. The van der Waals surface area contributed by atoms with Gasteiger partial charge < -0.3 is 25.6 Å². The molecule has 0 aromatic carbocycles. The number of carbonyl (C=O) groups excluding carboxylic acids is 2. The Kier molecular flexibility index (Phi) is 7.99. The van der Waals surface area contributed by atoms with Crippen LogP contribution in [0.2, 0.25) is 0 Å². The van der Waals surface area contributed by atoms with Crippen molar-refractivity contribution >= 4 is 12.3 Å². The van der Waals surface area contributed by atoms with Gasteiger partial charge in [0.1, 0.15) is 6.29 Å². The van der Waals surface area contributed by atoms with Crippen molar-refractivity contribution in [2.24, 2.45) is 17.1 Å². The van der Waals surface area contributed by atoms with Crippen LogP contribution >= 0.6 is 0 Å². The van der Waals surface area contributed by atoms with Gasteiger partial charge in [0.25, 0.3) is 0 Å². The lowest BCUT2D eigenvalue weighted by atomic mass is 9.85. The lowest BCUT2D eigenvalue weighted by Gasteiger charge is -2.41. The summed E-state index contributed by atoms with van der Waals surface area (Å²) in [5.41, 5.74) is 5.51. The molecule has 6 nitrogen and oxygen atoms in total. The number of likely N-dealkylation sites (N-methyl/N-ethyl adjacent to an activating group) is 1. The minimum Gasteiger partial charge on any atom is -0.351 e. The van der Waals surface area contributed by atoms with E-state index in [1.165, 1.54) is 6.54 Å². The van der Waals surface area contributed by atoms with Crippen LogP contribution in [0, 0.1) is 11.3 Å². The SMILES string of the molecule is CN1CCNCC1C(C)(C)C.NC(=O)N1CCC(CC=O)CC1. The van der Waals surface area contributed by atoms with Crippen molar-refractivity contribution in [1.29, 1.82) is 0 Å². The highest BCUT2D eigenvalue weighted by molar-refractivity contribution is 5.72. The quantitative estimate of drug-likeness (QED) is 0.750. The number of nitrogens with zero attached hydrogens (tertiary/aromatic N) is 2. The Balaban J connectivity index is 0.000000231. The standard InChI is InChI=1S/C9H20N2.C8H14N2O2/c1-9(2,3)8-7-10-5-6-11(8)4;9-8(12)10-4-1-7(2-5-10)3-6-11/h8,10H,5-7H2,1-4H3;6-7H,1-5H2,(H2,9,12). The van der Waals surface area contributed by atoms with E-state index in [0.717, 1.165) is 32.2 Å². The maximum Gasteiger partial charge on any atom is 0.314 e. The fraction of sp³-hybridized carbons (Fsp3) is 0.882. The Morgan fingerprint density at radius 2 is 1.87 bits per heavy atom. The highest BCUT2D eigenvalue weighted by atomic mass is 16.2. The van der Waals surface area contributed by atoms with Gasteiger partial charge in [0.2, 0.25) is 0 Å². The fourth-order valence-electron chi connectivity index (χ4n) is 3.30. The molecule has 2 aliphatic rings. The number of nitrogens with one attached hydrogen (secondary N) is 1. The molecule has 0 radical (unpaired) electrons. The van der Waals surface area contributed by atoms with Crippen LogP contribution in [0.15, 0.2) is 0 Å². The number of amides is 2. The topological polar surface area (TPSA) is 78.7 Å². The summed E-state index contributed by atoms with van der Waals surface area (Å²) in [6.45, 7) is 11.8. The zero-order valence-electron chi connectivity index (χ0n) is 15.2. The van der Waals surface area contributed by atoms with Crippen molar-refractivity contribution in [2.75, 3.05) is 39.8 Å². The Morgan fingerprint density at radius 3 is 2.26 bits per heavy atom. The van der Waals surface area contributed by atoms with Crippen LogP contribution in [-0.2, 0) is 4.79 Å². The van der Waals surface area contributed by atoms with Crippen molar-refractivity contribution in [3.8, 4) is 0 Å². The summed E-state index contributed by atoms with van der Waals surface area (Å²) in [6.07, 6.45) is 3.38. The second-order valence-electron chi connectivity index (χ2n) is 7.74.